The van der Waals surface area contributed by atoms with E-state index in [1.165, 1.54) is 6.07 Å². The molecule has 1 heterocycles. The summed E-state index contributed by atoms with van der Waals surface area (Å²) in [4.78, 5) is 12.4. The summed E-state index contributed by atoms with van der Waals surface area (Å²) in [6, 6.07) is 8.09. The second-order valence-electron chi connectivity index (χ2n) is 6.10. The van der Waals surface area contributed by atoms with Gasteiger partial charge in [0.05, 0.1) is 16.7 Å². The summed E-state index contributed by atoms with van der Waals surface area (Å²) in [6.07, 6.45) is 4.73. The fourth-order valence-corrected chi connectivity index (χ4v) is 2.76. The summed E-state index contributed by atoms with van der Waals surface area (Å²) >= 11 is 0. The Balaban J connectivity index is 1.72. The third-order valence-electron chi connectivity index (χ3n) is 4.39. The molecule has 1 aliphatic carbocycles. The Morgan fingerprint density at radius 2 is 2.13 bits per heavy atom. The molecule has 23 heavy (non-hydrogen) atoms. The molecular weight excluding hydrogens is 295 g/mol. The van der Waals surface area contributed by atoms with Crippen LogP contribution in [0.3, 0.4) is 0 Å². The molecular formula is C18H21FN2O2. The Morgan fingerprint density at radius 3 is 2.83 bits per heavy atom. The zero-order valence-corrected chi connectivity index (χ0v) is 13.3. The van der Waals surface area contributed by atoms with Crippen LogP contribution < -0.4 is 5.32 Å². The van der Waals surface area contributed by atoms with Gasteiger partial charge in [0.25, 0.3) is 0 Å². The second-order valence-corrected chi connectivity index (χ2v) is 6.10. The minimum atomic E-state index is -0.584. The molecule has 1 N–H and O–H groups in total. The molecule has 3 rings (SSSR count). The van der Waals surface area contributed by atoms with Gasteiger partial charge >= 0.3 is 0 Å². The molecule has 1 aliphatic rings. The lowest BCUT2D eigenvalue weighted by Gasteiger charge is -2.12. The number of aromatic nitrogens is 1. The fraction of sp³-hybridized carbons (Fsp3) is 0.444. The van der Waals surface area contributed by atoms with Crippen LogP contribution in [-0.2, 0) is 10.2 Å². The highest BCUT2D eigenvalue weighted by molar-refractivity contribution is 5.91. The quantitative estimate of drug-likeness (QED) is 0.790. The molecule has 0 atom stereocenters. The molecule has 0 saturated heterocycles. The highest BCUT2D eigenvalue weighted by atomic mass is 19.1. The summed E-state index contributed by atoms with van der Waals surface area (Å²) in [5.74, 6) is 0.00853. The first-order valence-electron chi connectivity index (χ1n) is 8.18. The Labute approximate surface area is 135 Å². The first kappa shape index (κ1) is 15.7. The molecule has 0 radical (unpaired) electrons. The van der Waals surface area contributed by atoms with Crippen LogP contribution >= 0.6 is 0 Å². The van der Waals surface area contributed by atoms with E-state index in [2.05, 4.69) is 17.4 Å². The van der Waals surface area contributed by atoms with Crippen LogP contribution in [-0.4, -0.2) is 17.6 Å². The largest absolute Gasteiger partial charge is 0.356 e. The van der Waals surface area contributed by atoms with Crippen molar-refractivity contribution < 1.29 is 13.7 Å². The molecule has 0 spiro atoms. The molecule has 0 unspecified atom stereocenters. The van der Waals surface area contributed by atoms with Gasteiger partial charge in [-0.15, -0.1) is 0 Å². The van der Waals surface area contributed by atoms with Gasteiger partial charge in [0.2, 0.25) is 5.91 Å². The number of carbonyl (C=O) groups excluding carboxylic acids is 1. The number of benzene rings is 1. The first-order chi connectivity index (χ1) is 11.2. The van der Waals surface area contributed by atoms with E-state index >= 15 is 0 Å². The van der Waals surface area contributed by atoms with Crippen molar-refractivity contribution in [1.29, 1.82) is 0 Å². The number of carbonyl (C=O) groups is 1. The van der Waals surface area contributed by atoms with E-state index in [-0.39, 0.29) is 11.7 Å². The van der Waals surface area contributed by atoms with Crippen LogP contribution in [0, 0.1) is 5.82 Å². The van der Waals surface area contributed by atoms with Crippen molar-refractivity contribution in [3.05, 3.63) is 41.8 Å². The van der Waals surface area contributed by atoms with Crippen molar-refractivity contribution >= 4 is 5.91 Å². The molecule has 4 nitrogen and oxygen atoms in total. The lowest BCUT2D eigenvalue weighted by molar-refractivity contribution is -0.123. The Morgan fingerprint density at radius 1 is 1.35 bits per heavy atom. The SMILES string of the molecule is CCCCCNC(=O)C1(c2cc(-c3ccccc3F)on2)CC1. The monoisotopic (exact) mass is 316 g/mol. The van der Waals surface area contributed by atoms with Crippen LogP contribution in [0.25, 0.3) is 11.3 Å². The average molecular weight is 316 g/mol. The van der Waals surface area contributed by atoms with E-state index in [1.807, 2.05) is 0 Å². The number of rotatable bonds is 7. The summed E-state index contributed by atoms with van der Waals surface area (Å²) in [6.45, 7) is 2.82. The first-order valence-corrected chi connectivity index (χ1v) is 8.18. The molecule has 0 bridgehead atoms. The van der Waals surface area contributed by atoms with Crippen molar-refractivity contribution in [1.82, 2.24) is 10.5 Å². The Bertz CT molecular complexity index is 692. The van der Waals surface area contributed by atoms with Gasteiger partial charge in [0.15, 0.2) is 5.76 Å². The fourth-order valence-electron chi connectivity index (χ4n) is 2.76. The number of nitrogens with one attached hydrogen (secondary N) is 1. The van der Waals surface area contributed by atoms with E-state index in [0.29, 0.717) is 23.6 Å². The van der Waals surface area contributed by atoms with Crippen LogP contribution in [0.4, 0.5) is 4.39 Å². The highest BCUT2D eigenvalue weighted by Gasteiger charge is 2.53. The van der Waals surface area contributed by atoms with E-state index in [4.69, 9.17) is 4.52 Å². The van der Waals surface area contributed by atoms with E-state index in [0.717, 1.165) is 32.1 Å². The van der Waals surface area contributed by atoms with Crippen molar-refractivity contribution in [2.24, 2.45) is 0 Å². The number of nitrogens with zero attached hydrogens (tertiary/aromatic N) is 1. The zero-order chi connectivity index (χ0) is 16.3. The molecule has 1 aromatic heterocycles. The van der Waals surface area contributed by atoms with Gasteiger partial charge < -0.3 is 9.84 Å². The summed E-state index contributed by atoms with van der Waals surface area (Å²) in [5.41, 5.74) is 0.383. The van der Waals surface area contributed by atoms with Crippen molar-refractivity contribution in [2.75, 3.05) is 6.54 Å². The Hall–Kier alpha value is -2.17. The lowest BCUT2D eigenvalue weighted by Crippen LogP contribution is -2.35. The molecule has 1 saturated carbocycles. The van der Waals surface area contributed by atoms with Crippen LogP contribution in [0.15, 0.2) is 34.9 Å². The maximum Gasteiger partial charge on any atom is 0.232 e. The summed E-state index contributed by atoms with van der Waals surface area (Å²) < 4.78 is 19.1. The number of amides is 1. The number of unbranched alkanes of at least 4 members (excludes halogenated alkanes) is 2. The topological polar surface area (TPSA) is 55.1 Å². The normalized spacial score (nSPS) is 15.4. The molecule has 1 fully saturated rings. The van der Waals surface area contributed by atoms with Gasteiger partial charge in [-0.2, -0.15) is 0 Å². The zero-order valence-electron chi connectivity index (χ0n) is 13.3. The van der Waals surface area contributed by atoms with Crippen molar-refractivity contribution in [3.63, 3.8) is 0 Å². The van der Waals surface area contributed by atoms with Gasteiger partial charge in [-0.1, -0.05) is 37.1 Å². The molecule has 1 amide bonds. The molecule has 5 heteroatoms. The standard InChI is InChI=1S/C18H21FN2O2/c1-2-3-6-11-20-17(22)18(9-10-18)16-12-15(23-21-16)13-7-4-5-8-14(13)19/h4-5,7-8,12H,2-3,6,9-11H2,1H3,(H,20,22). The predicted octanol–water partition coefficient (Wildman–Crippen LogP) is 3.82. The average Bonchev–Trinajstić information content (AvgIpc) is 3.23. The van der Waals surface area contributed by atoms with E-state index in [9.17, 15) is 9.18 Å². The number of halogens is 1. The summed E-state index contributed by atoms with van der Waals surface area (Å²) in [7, 11) is 0. The number of hydrogen-bond acceptors (Lipinski definition) is 3. The minimum Gasteiger partial charge on any atom is -0.356 e. The van der Waals surface area contributed by atoms with Gasteiger partial charge in [0, 0.05) is 12.6 Å². The second kappa shape index (κ2) is 6.52. The minimum absolute atomic E-state index is 0.00184. The predicted molar refractivity (Wildman–Crippen MR) is 85.3 cm³/mol. The van der Waals surface area contributed by atoms with Crippen LogP contribution in [0.1, 0.15) is 44.7 Å². The molecule has 0 aliphatic heterocycles. The highest BCUT2D eigenvalue weighted by Crippen LogP contribution is 2.48. The van der Waals surface area contributed by atoms with Gasteiger partial charge in [-0.05, 0) is 31.4 Å². The smallest absolute Gasteiger partial charge is 0.232 e. The third kappa shape index (κ3) is 3.14. The van der Waals surface area contributed by atoms with Crippen LogP contribution in [0.5, 0.6) is 0 Å². The van der Waals surface area contributed by atoms with Crippen molar-refractivity contribution in [3.8, 4) is 11.3 Å². The lowest BCUT2D eigenvalue weighted by atomic mass is 10.00. The third-order valence-corrected chi connectivity index (χ3v) is 4.39. The number of hydrogen-bond donors (Lipinski definition) is 1. The molecule has 1 aromatic carbocycles. The molecule has 122 valence electrons. The maximum atomic E-state index is 13.8. The Kier molecular flexibility index (Phi) is 4.46. The van der Waals surface area contributed by atoms with E-state index < -0.39 is 5.41 Å². The summed E-state index contributed by atoms with van der Waals surface area (Å²) in [5, 5.41) is 7.02. The van der Waals surface area contributed by atoms with Crippen molar-refractivity contribution in [2.45, 2.75) is 44.4 Å². The van der Waals surface area contributed by atoms with Crippen LogP contribution in [0.2, 0.25) is 0 Å². The van der Waals surface area contributed by atoms with Gasteiger partial charge in [-0.3, -0.25) is 4.79 Å². The van der Waals surface area contributed by atoms with Gasteiger partial charge in [0.1, 0.15) is 5.82 Å². The maximum absolute atomic E-state index is 13.8. The van der Waals surface area contributed by atoms with Gasteiger partial charge in [-0.25, -0.2) is 4.39 Å². The van der Waals surface area contributed by atoms with E-state index in [1.54, 1.807) is 24.3 Å². The molecule has 2 aromatic rings.